The van der Waals surface area contributed by atoms with Crippen LogP contribution < -0.4 is 5.32 Å². The van der Waals surface area contributed by atoms with E-state index in [1.54, 1.807) is 6.92 Å². The summed E-state index contributed by atoms with van der Waals surface area (Å²) in [5.74, 6) is -0.0956. The Morgan fingerprint density at radius 2 is 1.95 bits per heavy atom. The third-order valence-electron chi connectivity index (χ3n) is 3.60. The van der Waals surface area contributed by atoms with Gasteiger partial charge in [0.05, 0.1) is 6.04 Å². The molecule has 3 nitrogen and oxygen atoms in total. The Labute approximate surface area is 119 Å². The van der Waals surface area contributed by atoms with Crippen LogP contribution in [0.15, 0.2) is 30.3 Å². The second-order valence-corrected chi connectivity index (χ2v) is 5.69. The average Bonchev–Trinajstić information content (AvgIpc) is 2.94. The highest BCUT2D eigenvalue weighted by Gasteiger charge is 2.24. The van der Waals surface area contributed by atoms with Crippen molar-refractivity contribution in [2.75, 3.05) is 19.6 Å². The van der Waals surface area contributed by atoms with Crippen LogP contribution in [0.4, 0.5) is 0 Å². The number of hydrogen-bond donors (Lipinski definition) is 1. The van der Waals surface area contributed by atoms with Crippen LogP contribution in [-0.2, 0) is 4.79 Å². The third-order valence-corrected chi connectivity index (χ3v) is 3.79. The molecule has 2 unspecified atom stereocenters. The van der Waals surface area contributed by atoms with Gasteiger partial charge in [-0.3, -0.25) is 9.69 Å². The summed E-state index contributed by atoms with van der Waals surface area (Å²) in [5.41, 5.74) is 1.26. The molecule has 2 rings (SSSR count). The van der Waals surface area contributed by atoms with Gasteiger partial charge in [0.1, 0.15) is 5.38 Å². The lowest BCUT2D eigenvalue weighted by atomic mass is 10.1. The molecule has 0 bridgehead atoms. The fourth-order valence-corrected chi connectivity index (χ4v) is 2.60. The molecule has 1 heterocycles. The molecule has 4 heteroatoms. The van der Waals surface area contributed by atoms with E-state index in [1.807, 2.05) is 18.2 Å². The van der Waals surface area contributed by atoms with Crippen LogP contribution in [0.2, 0.25) is 0 Å². The van der Waals surface area contributed by atoms with Gasteiger partial charge < -0.3 is 5.32 Å². The summed E-state index contributed by atoms with van der Waals surface area (Å²) in [6.07, 6.45) is 2.48. The summed E-state index contributed by atoms with van der Waals surface area (Å²) >= 11 is 5.79. The van der Waals surface area contributed by atoms with Crippen molar-refractivity contribution in [3.05, 3.63) is 35.9 Å². The number of alkyl halides is 1. The molecule has 1 aromatic rings. The Hall–Kier alpha value is -1.06. The lowest BCUT2D eigenvalue weighted by Crippen LogP contribution is -2.39. The van der Waals surface area contributed by atoms with E-state index in [1.165, 1.54) is 18.4 Å². The number of hydrogen-bond acceptors (Lipinski definition) is 2. The highest BCUT2D eigenvalue weighted by atomic mass is 35.5. The first-order valence-corrected chi connectivity index (χ1v) is 7.33. The molecule has 1 saturated heterocycles. The van der Waals surface area contributed by atoms with E-state index < -0.39 is 5.38 Å². The van der Waals surface area contributed by atoms with E-state index in [-0.39, 0.29) is 11.9 Å². The lowest BCUT2D eigenvalue weighted by molar-refractivity contribution is -0.120. The zero-order chi connectivity index (χ0) is 13.7. The zero-order valence-corrected chi connectivity index (χ0v) is 12.1. The van der Waals surface area contributed by atoms with Gasteiger partial charge in [0.25, 0.3) is 0 Å². The minimum atomic E-state index is -0.477. The Morgan fingerprint density at radius 1 is 1.32 bits per heavy atom. The average molecular weight is 281 g/mol. The van der Waals surface area contributed by atoms with E-state index in [4.69, 9.17) is 11.6 Å². The van der Waals surface area contributed by atoms with Crippen molar-refractivity contribution >= 4 is 17.5 Å². The SMILES string of the molecule is CC(Cl)C(=O)NCC(c1ccccc1)N1CCCC1. The number of nitrogens with one attached hydrogen (secondary N) is 1. The number of nitrogens with zero attached hydrogens (tertiary/aromatic N) is 1. The Kier molecular flexibility index (Phi) is 5.23. The van der Waals surface area contributed by atoms with Crippen LogP contribution in [0.25, 0.3) is 0 Å². The maximum Gasteiger partial charge on any atom is 0.237 e. The maximum atomic E-state index is 11.6. The molecular weight excluding hydrogens is 260 g/mol. The fourth-order valence-electron chi connectivity index (χ4n) is 2.52. The van der Waals surface area contributed by atoms with Gasteiger partial charge in [0.15, 0.2) is 0 Å². The maximum absolute atomic E-state index is 11.6. The van der Waals surface area contributed by atoms with Crippen molar-refractivity contribution in [2.24, 2.45) is 0 Å². The molecule has 1 aliphatic heterocycles. The van der Waals surface area contributed by atoms with E-state index in [9.17, 15) is 4.79 Å². The van der Waals surface area contributed by atoms with Crippen LogP contribution >= 0.6 is 11.6 Å². The molecule has 0 aromatic heterocycles. The van der Waals surface area contributed by atoms with Gasteiger partial charge in [0.2, 0.25) is 5.91 Å². The Bertz CT molecular complexity index is 402. The molecule has 0 aliphatic carbocycles. The van der Waals surface area contributed by atoms with E-state index in [0.717, 1.165) is 13.1 Å². The predicted octanol–water partition coefficient (Wildman–Crippen LogP) is 2.57. The highest BCUT2D eigenvalue weighted by Crippen LogP contribution is 2.24. The van der Waals surface area contributed by atoms with Crippen molar-refractivity contribution in [2.45, 2.75) is 31.2 Å². The van der Waals surface area contributed by atoms with Gasteiger partial charge in [-0.1, -0.05) is 30.3 Å². The number of carbonyl (C=O) groups is 1. The number of rotatable bonds is 5. The van der Waals surface area contributed by atoms with Crippen LogP contribution in [0.1, 0.15) is 31.4 Å². The number of benzene rings is 1. The first-order valence-electron chi connectivity index (χ1n) is 6.89. The van der Waals surface area contributed by atoms with Gasteiger partial charge in [0, 0.05) is 6.54 Å². The number of carbonyl (C=O) groups excluding carboxylic acids is 1. The third kappa shape index (κ3) is 3.95. The number of likely N-dealkylation sites (tertiary alicyclic amines) is 1. The van der Waals surface area contributed by atoms with Crippen LogP contribution in [-0.4, -0.2) is 35.8 Å². The topological polar surface area (TPSA) is 32.3 Å². The molecule has 1 amide bonds. The van der Waals surface area contributed by atoms with E-state index in [2.05, 4.69) is 22.3 Å². The van der Waals surface area contributed by atoms with Crippen molar-refractivity contribution in [3.63, 3.8) is 0 Å². The fraction of sp³-hybridized carbons (Fsp3) is 0.533. The molecule has 1 aliphatic rings. The summed E-state index contributed by atoms with van der Waals surface area (Å²) < 4.78 is 0. The molecule has 19 heavy (non-hydrogen) atoms. The summed E-state index contributed by atoms with van der Waals surface area (Å²) in [4.78, 5) is 14.1. The molecule has 1 fully saturated rings. The smallest absolute Gasteiger partial charge is 0.237 e. The van der Waals surface area contributed by atoms with Gasteiger partial charge in [-0.2, -0.15) is 0 Å². The van der Waals surface area contributed by atoms with Crippen LogP contribution in [0, 0.1) is 0 Å². The minimum Gasteiger partial charge on any atom is -0.353 e. The largest absolute Gasteiger partial charge is 0.353 e. The number of amides is 1. The zero-order valence-electron chi connectivity index (χ0n) is 11.3. The quantitative estimate of drug-likeness (QED) is 0.841. The van der Waals surface area contributed by atoms with Crippen molar-refractivity contribution in [1.29, 1.82) is 0 Å². The first-order chi connectivity index (χ1) is 9.18. The molecule has 104 valence electrons. The number of halogens is 1. The summed E-state index contributed by atoms with van der Waals surface area (Å²) in [6.45, 7) is 4.53. The minimum absolute atomic E-state index is 0.0956. The second-order valence-electron chi connectivity index (χ2n) is 5.03. The van der Waals surface area contributed by atoms with Gasteiger partial charge in [-0.15, -0.1) is 11.6 Å². The molecule has 0 radical (unpaired) electrons. The molecule has 0 saturated carbocycles. The lowest BCUT2D eigenvalue weighted by Gasteiger charge is -2.28. The van der Waals surface area contributed by atoms with E-state index in [0.29, 0.717) is 6.54 Å². The van der Waals surface area contributed by atoms with Crippen molar-refractivity contribution < 1.29 is 4.79 Å². The summed E-state index contributed by atoms with van der Waals surface area (Å²) in [6, 6.07) is 10.6. The summed E-state index contributed by atoms with van der Waals surface area (Å²) in [5, 5.41) is 2.47. The van der Waals surface area contributed by atoms with Gasteiger partial charge >= 0.3 is 0 Å². The molecular formula is C15H21ClN2O. The van der Waals surface area contributed by atoms with Crippen LogP contribution in [0.5, 0.6) is 0 Å². The molecule has 1 aromatic carbocycles. The summed E-state index contributed by atoms with van der Waals surface area (Å²) in [7, 11) is 0. The monoisotopic (exact) mass is 280 g/mol. The predicted molar refractivity (Wildman–Crippen MR) is 78.3 cm³/mol. The second kappa shape index (κ2) is 6.92. The van der Waals surface area contributed by atoms with Crippen molar-refractivity contribution in [3.8, 4) is 0 Å². The van der Waals surface area contributed by atoms with Crippen LogP contribution in [0.3, 0.4) is 0 Å². The molecule has 0 spiro atoms. The van der Waals surface area contributed by atoms with Crippen molar-refractivity contribution in [1.82, 2.24) is 10.2 Å². The normalized spacial score (nSPS) is 19.1. The van der Waals surface area contributed by atoms with E-state index >= 15 is 0 Å². The Balaban J connectivity index is 2.04. The first kappa shape index (κ1) is 14.4. The Morgan fingerprint density at radius 3 is 2.53 bits per heavy atom. The molecule has 1 N–H and O–H groups in total. The molecule has 2 atom stereocenters. The van der Waals surface area contributed by atoms with Gasteiger partial charge in [-0.05, 0) is 38.4 Å². The van der Waals surface area contributed by atoms with Gasteiger partial charge in [-0.25, -0.2) is 0 Å². The highest BCUT2D eigenvalue weighted by molar-refractivity contribution is 6.30. The standard InChI is InChI=1S/C15H21ClN2O/c1-12(16)15(19)17-11-14(18-9-5-6-10-18)13-7-3-2-4-8-13/h2-4,7-8,12,14H,5-6,9-11H2,1H3,(H,17,19).